The second kappa shape index (κ2) is 6.04. The number of nitrogens with zero attached hydrogens (tertiary/aromatic N) is 5. The standard InChI is InChI=1S/C17H17N5O3/c1-2-22-17(24)21-9-8-20(16(23)13-10-25-11-18-13)14(15(21)19-22)12-6-4-3-5-7-12/h3-7,10-11,14H,2,8-9H2,1H3. The molecule has 1 atom stereocenters. The molecular formula is C17H17N5O3. The number of oxazole rings is 1. The molecule has 8 nitrogen and oxygen atoms in total. The third-order valence-electron chi connectivity index (χ3n) is 4.40. The van der Waals surface area contributed by atoms with E-state index in [1.54, 1.807) is 9.47 Å². The first-order chi connectivity index (χ1) is 12.2. The first-order valence-electron chi connectivity index (χ1n) is 8.12. The molecule has 0 bridgehead atoms. The van der Waals surface area contributed by atoms with Crippen LogP contribution in [0.1, 0.15) is 34.8 Å². The Hall–Kier alpha value is -3.16. The zero-order valence-corrected chi connectivity index (χ0v) is 13.7. The first-order valence-corrected chi connectivity index (χ1v) is 8.12. The van der Waals surface area contributed by atoms with E-state index in [-0.39, 0.29) is 17.3 Å². The van der Waals surface area contributed by atoms with Crippen LogP contribution in [0.3, 0.4) is 0 Å². The summed E-state index contributed by atoms with van der Waals surface area (Å²) in [5.41, 5.74) is 0.993. The summed E-state index contributed by atoms with van der Waals surface area (Å²) in [7, 11) is 0. The van der Waals surface area contributed by atoms with Crippen molar-refractivity contribution in [1.82, 2.24) is 24.2 Å². The summed E-state index contributed by atoms with van der Waals surface area (Å²) in [6.07, 6.45) is 2.56. The molecule has 0 radical (unpaired) electrons. The zero-order valence-electron chi connectivity index (χ0n) is 13.7. The van der Waals surface area contributed by atoms with Gasteiger partial charge >= 0.3 is 5.69 Å². The van der Waals surface area contributed by atoms with Crippen LogP contribution in [-0.4, -0.2) is 36.7 Å². The molecule has 0 N–H and O–H groups in total. The van der Waals surface area contributed by atoms with Gasteiger partial charge in [-0.2, -0.15) is 5.10 Å². The number of carbonyl (C=O) groups excluding carboxylic acids is 1. The fourth-order valence-corrected chi connectivity index (χ4v) is 3.20. The van der Waals surface area contributed by atoms with Gasteiger partial charge in [0.2, 0.25) is 0 Å². The molecule has 0 saturated heterocycles. The molecule has 1 amide bonds. The first kappa shape index (κ1) is 15.4. The van der Waals surface area contributed by atoms with E-state index in [1.807, 2.05) is 37.3 Å². The average molecular weight is 339 g/mol. The summed E-state index contributed by atoms with van der Waals surface area (Å²) in [5, 5.41) is 4.47. The van der Waals surface area contributed by atoms with Crippen molar-refractivity contribution in [1.29, 1.82) is 0 Å². The zero-order chi connectivity index (χ0) is 17.4. The number of carbonyl (C=O) groups is 1. The number of aryl methyl sites for hydroxylation is 1. The molecule has 3 heterocycles. The SMILES string of the molecule is CCn1nc2n(c1=O)CCN(C(=O)c1cocn1)C2c1ccccc1. The van der Waals surface area contributed by atoms with Crippen LogP contribution < -0.4 is 5.69 Å². The molecule has 0 fully saturated rings. The number of rotatable bonds is 3. The van der Waals surface area contributed by atoms with Crippen LogP contribution in [-0.2, 0) is 13.1 Å². The van der Waals surface area contributed by atoms with Crippen molar-refractivity contribution in [3.8, 4) is 0 Å². The molecule has 0 aliphatic carbocycles. The lowest BCUT2D eigenvalue weighted by atomic mass is 10.0. The Labute approximate surface area is 143 Å². The molecule has 3 aromatic rings. The van der Waals surface area contributed by atoms with Gasteiger partial charge in [0.05, 0.1) is 0 Å². The van der Waals surface area contributed by atoms with E-state index in [2.05, 4.69) is 10.1 Å². The number of amides is 1. The molecule has 1 aliphatic heterocycles. The predicted molar refractivity (Wildman–Crippen MR) is 88.0 cm³/mol. The third-order valence-corrected chi connectivity index (χ3v) is 4.40. The molecule has 0 spiro atoms. The maximum Gasteiger partial charge on any atom is 0.346 e. The molecule has 25 heavy (non-hydrogen) atoms. The molecule has 1 aromatic carbocycles. The lowest BCUT2D eigenvalue weighted by Gasteiger charge is -2.34. The van der Waals surface area contributed by atoms with Crippen molar-refractivity contribution in [3.05, 3.63) is 70.6 Å². The van der Waals surface area contributed by atoms with Crippen molar-refractivity contribution >= 4 is 5.91 Å². The number of aromatic nitrogens is 4. The largest absolute Gasteiger partial charge is 0.451 e. The van der Waals surface area contributed by atoms with E-state index in [4.69, 9.17) is 4.42 Å². The fraction of sp³-hybridized carbons (Fsp3) is 0.294. The summed E-state index contributed by atoms with van der Waals surface area (Å²) in [6.45, 7) is 3.16. The van der Waals surface area contributed by atoms with Gasteiger partial charge in [-0.25, -0.2) is 14.5 Å². The van der Waals surface area contributed by atoms with Gasteiger partial charge in [0.25, 0.3) is 5.91 Å². The lowest BCUT2D eigenvalue weighted by Crippen LogP contribution is -2.44. The number of benzene rings is 1. The van der Waals surface area contributed by atoms with E-state index in [9.17, 15) is 9.59 Å². The van der Waals surface area contributed by atoms with Crippen LogP contribution in [0.25, 0.3) is 0 Å². The summed E-state index contributed by atoms with van der Waals surface area (Å²) >= 11 is 0. The molecule has 8 heteroatoms. The maximum absolute atomic E-state index is 12.9. The van der Waals surface area contributed by atoms with Crippen molar-refractivity contribution in [3.63, 3.8) is 0 Å². The summed E-state index contributed by atoms with van der Waals surface area (Å²) < 4.78 is 8.02. The topological polar surface area (TPSA) is 86.2 Å². The van der Waals surface area contributed by atoms with Gasteiger partial charge in [-0.05, 0) is 12.5 Å². The van der Waals surface area contributed by atoms with Crippen molar-refractivity contribution < 1.29 is 9.21 Å². The predicted octanol–water partition coefficient (Wildman–Crippen LogP) is 1.30. The highest BCUT2D eigenvalue weighted by Crippen LogP contribution is 2.31. The number of fused-ring (bicyclic) bond motifs is 1. The smallest absolute Gasteiger partial charge is 0.346 e. The van der Waals surface area contributed by atoms with Gasteiger partial charge in [0.1, 0.15) is 12.3 Å². The van der Waals surface area contributed by atoms with Crippen molar-refractivity contribution in [2.75, 3.05) is 6.54 Å². The van der Waals surface area contributed by atoms with Crippen LogP contribution in [0.4, 0.5) is 0 Å². The van der Waals surface area contributed by atoms with Crippen LogP contribution >= 0.6 is 0 Å². The van der Waals surface area contributed by atoms with Crippen molar-refractivity contribution in [2.24, 2.45) is 0 Å². The second-order valence-corrected chi connectivity index (χ2v) is 5.79. The molecule has 1 unspecified atom stereocenters. The second-order valence-electron chi connectivity index (χ2n) is 5.79. The fourth-order valence-electron chi connectivity index (χ4n) is 3.20. The summed E-state index contributed by atoms with van der Waals surface area (Å²) in [6, 6.07) is 9.13. The van der Waals surface area contributed by atoms with Crippen LogP contribution in [0.5, 0.6) is 0 Å². The molecule has 4 rings (SSSR count). The highest BCUT2D eigenvalue weighted by molar-refractivity contribution is 5.92. The van der Waals surface area contributed by atoms with Crippen LogP contribution in [0.15, 0.2) is 52.2 Å². The Kier molecular flexibility index (Phi) is 3.72. The van der Waals surface area contributed by atoms with Gasteiger partial charge in [0.15, 0.2) is 17.9 Å². The van der Waals surface area contributed by atoms with E-state index < -0.39 is 6.04 Å². The molecule has 1 aliphatic rings. The molecule has 0 saturated carbocycles. The Bertz CT molecular complexity index is 943. The monoisotopic (exact) mass is 339 g/mol. The third kappa shape index (κ3) is 2.46. The van der Waals surface area contributed by atoms with Gasteiger partial charge < -0.3 is 9.32 Å². The van der Waals surface area contributed by atoms with Crippen LogP contribution in [0.2, 0.25) is 0 Å². The average Bonchev–Trinajstić information content (AvgIpc) is 3.29. The summed E-state index contributed by atoms with van der Waals surface area (Å²) in [5.74, 6) is 0.327. The number of hydrogen-bond acceptors (Lipinski definition) is 5. The van der Waals surface area contributed by atoms with Gasteiger partial charge in [0, 0.05) is 19.6 Å². The lowest BCUT2D eigenvalue weighted by molar-refractivity contribution is 0.0651. The minimum atomic E-state index is -0.445. The Balaban J connectivity index is 1.85. The van der Waals surface area contributed by atoms with E-state index in [1.165, 1.54) is 17.3 Å². The van der Waals surface area contributed by atoms with Gasteiger partial charge in [-0.1, -0.05) is 30.3 Å². The van der Waals surface area contributed by atoms with E-state index >= 15 is 0 Å². The summed E-state index contributed by atoms with van der Waals surface area (Å²) in [4.78, 5) is 31.0. The quantitative estimate of drug-likeness (QED) is 0.718. The molecule has 2 aromatic heterocycles. The van der Waals surface area contributed by atoms with E-state index in [0.29, 0.717) is 25.5 Å². The van der Waals surface area contributed by atoms with Crippen molar-refractivity contribution in [2.45, 2.75) is 26.1 Å². The Morgan fingerprint density at radius 3 is 2.76 bits per heavy atom. The van der Waals surface area contributed by atoms with Gasteiger partial charge in [-0.3, -0.25) is 9.36 Å². The highest BCUT2D eigenvalue weighted by atomic mass is 16.3. The minimum Gasteiger partial charge on any atom is -0.451 e. The maximum atomic E-state index is 12.9. The molecule has 128 valence electrons. The normalized spacial score (nSPS) is 16.7. The van der Waals surface area contributed by atoms with Crippen LogP contribution in [0, 0.1) is 0 Å². The molecular weight excluding hydrogens is 322 g/mol. The van der Waals surface area contributed by atoms with Gasteiger partial charge in [-0.15, -0.1) is 0 Å². The van der Waals surface area contributed by atoms with E-state index in [0.717, 1.165) is 5.56 Å². The minimum absolute atomic E-state index is 0.146. The Morgan fingerprint density at radius 2 is 2.08 bits per heavy atom. The highest BCUT2D eigenvalue weighted by Gasteiger charge is 2.36. The number of hydrogen-bond donors (Lipinski definition) is 0. The Morgan fingerprint density at radius 1 is 1.28 bits per heavy atom.